The molecule has 67 heavy (non-hydrogen) atoms. The number of carbonyl (C=O) groups excluding carboxylic acids is 1. The number of aliphatic hydroxyl groups is 1. The Morgan fingerprint density at radius 3 is 1.66 bits per heavy atom. The van der Waals surface area contributed by atoms with Gasteiger partial charge in [0.25, 0.3) is 0 Å². The van der Waals surface area contributed by atoms with Crippen molar-refractivity contribution < 1.29 is 30.0 Å². The molecule has 0 aliphatic carbocycles. The minimum atomic E-state index is -0.110. The number of ketones is 1. The van der Waals surface area contributed by atoms with Crippen LogP contribution in [-0.2, 0) is 31.3 Å². The van der Waals surface area contributed by atoms with Gasteiger partial charge in [0.2, 0.25) is 0 Å². The number of allylic oxidation sites excluding steroid dienone is 2. The SMILES string of the molecule is C/C(O)=C/C(=O)CCc1ccccc1-c1cc(-c2ccccc2-c2c[c-]c(-c3cc4ccccc4c(C)n3)cc2)cc(-c2ccccc2-c2c[c-]c(-c3nc(C)c4ccccc4n3)cc2)c1.[Ir]. The molecule has 2 heterocycles. The molecule has 5 nitrogen and oxygen atoms in total. The van der Waals surface area contributed by atoms with Crippen molar-refractivity contribution in [2.24, 2.45) is 0 Å². The van der Waals surface area contributed by atoms with Crippen molar-refractivity contribution in [2.45, 2.75) is 33.6 Å². The van der Waals surface area contributed by atoms with Gasteiger partial charge in [0, 0.05) is 54.8 Å². The number of aliphatic hydroxyl groups excluding tert-OH is 1. The normalized spacial score (nSPS) is 11.4. The van der Waals surface area contributed by atoms with Crippen LogP contribution >= 0.6 is 0 Å². The fraction of sp³-hybridized carbons (Fsp3) is 0.0820. The number of benzene rings is 8. The molecule has 2 aromatic heterocycles. The molecule has 0 aliphatic heterocycles. The van der Waals surface area contributed by atoms with Crippen molar-refractivity contribution in [1.82, 2.24) is 15.0 Å². The van der Waals surface area contributed by atoms with E-state index in [4.69, 9.17) is 15.0 Å². The Labute approximate surface area is 405 Å². The van der Waals surface area contributed by atoms with Gasteiger partial charge in [-0.25, -0.2) is 0 Å². The second kappa shape index (κ2) is 19.5. The third-order valence-electron chi connectivity index (χ3n) is 12.2. The largest absolute Gasteiger partial charge is 0.512 e. The number of aryl methyl sites for hydroxylation is 3. The third-order valence-corrected chi connectivity index (χ3v) is 12.2. The average Bonchev–Trinajstić information content (AvgIpc) is 3.35. The predicted octanol–water partition coefficient (Wildman–Crippen LogP) is 15.0. The van der Waals surface area contributed by atoms with Gasteiger partial charge in [0.05, 0.1) is 17.1 Å². The molecule has 1 N–H and O–H groups in total. The summed E-state index contributed by atoms with van der Waals surface area (Å²) in [5.41, 5.74) is 17.1. The third kappa shape index (κ3) is 9.41. The second-order valence-electron chi connectivity index (χ2n) is 16.7. The van der Waals surface area contributed by atoms with Crippen LogP contribution in [-0.4, -0.2) is 25.8 Å². The summed E-state index contributed by atoms with van der Waals surface area (Å²) in [5, 5.41) is 13.1. The average molecular weight is 1040 g/mol. The quantitative estimate of drug-likeness (QED) is 0.0793. The maximum Gasteiger partial charge on any atom is 0.159 e. The number of aromatic nitrogens is 3. The van der Waals surface area contributed by atoms with Crippen LogP contribution in [0.5, 0.6) is 0 Å². The van der Waals surface area contributed by atoms with Gasteiger partial charge < -0.3 is 10.1 Å². The maximum absolute atomic E-state index is 12.8. The molecule has 0 aliphatic rings. The number of rotatable bonds is 11. The van der Waals surface area contributed by atoms with Crippen LogP contribution in [0, 0.1) is 26.0 Å². The Morgan fingerprint density at radius 2 is 1.04 bits per heavy atom. The summed E-state index contributed by atoms with van der Waals surface area (Å²) < 4.78 is 0. The summed E-state index contributed by atoms with van der Waals surface area (Å²) in [4.78, 5) is 27.4. The van der Waals surface area contributed by atoms with Crippen LogP contribution < -0.4 is 0 Å². The number of fused-ring (bicyclic) bond motifs is 2. The molecule has 327 valence electrons. The Morgan fingerprint density at radius 1 is 0.537 bits per heavy atom. The van der Waals surface area contributed by atoms with Crippen molar-refractivity contribution in [3.8, 4) is 78.3 Å². The number of hydrogen-bond acceptors (Lipinski definition) is 5. The first-order chi connectivity index (χ1) is 32.3. The predicted molar refractivity (Wildman–Crippen MR) is 270 cm³/mol. The second-order valence-corrected chi connectivity index (χ2v) is 16.7. The summed E-state index contributed by atoms with van der Waals surface area (Å²) in [7, 11) is 0. The van der Waals surface area contributed by atoms with Crippen LogP contribution in [0.3, 0.4) is 0 Å². The van der Waals surface area contributed by atoms with Crippen LogP contribution in [0.4, 0.5) is 0 Å². The first-order valence-electron chi connectivity index (χ1n) is 22.2. The van der Waals surface area contributed by atoms with Gasteiger partial charge in [-0.15, -0.1) is 59.7 Å². The van der Waals surface area contributed by atoms with Gasteiger partial charge in [-0.2, -0.15) is 0 Å². The first-order valence-corrected chi connectivity index (χ1v) is 22.2. The van der Waals surface area contributed by atoms with E-state index in [1.807, 2.05) is 49.4 Å². The number of nitrogens with zero attached hydrogens (tertiary/aromatic N) is 3. The summed E-state index contributed by atoms with van der Waals surface area (Å²) >= 11 is 0. The molecule has 0 amide bonds. The summed E-state index contributed by atoms with van der Waals surface area (Å²) in [5.74, 6) is 0.555. The number of para-hydroxylation sites is 1. The van der Waals surface area contributed by atoms with Crippen LogP contribution in [0.2, 0.25) is 0 Å². The fourth-order valence-corrected chi connectivity index (χ4v) is 9.00. The molecule has 0 atom stereocenters. The zero-order valence-electron chi connectivity index (χ0n) is 37.3. The number of carbonyl (C=O) groups is 1. The van der Waals surface area contributed by atoms with E-state index in [1.165, 1.54) is 13.0 Å². The minimum absolute atomic E-state index is 0. The van der Waals surface area contributed by atoms with Gasteiger partial charge in [-0.05, 0) is 101 Å². The van der Waals surface area contributed by atoms with Gasteiger partial charge >= 0.3 is 0 Å². The van der Waals surface area contributed by atoms with Crippen molar-refractivity contribution in [3.63, 3.8) is 0 Å². The van der Waals surface area contributed by atoms with Crippen molar-refractivity contribution in [3.05, 3.63) is 223 Å². The van der Waals surface area contributed by atoms with Crippen molar-refractivity contribution in [1.29, 1.82) is 0 Å². The van der Waals surface area contributed by atoms with Crippen LogP contribution in [0.1, 0.15) is 30.3 Å². The van der Waals surface area contributed by atoms with E-state index in [1.54, 1.807) is 0 Å². The maximum atomic E-state index is 12.8. The van der Waals surface area contributed by atoms with Crippen molar-refractivity contribution in [2.75, 3.05) is 0 Å². The molecule has 8 aromatic carbocycles. The molecule has 10 aromatic rings. The molecule has 0 unspecified atom stereocenters. The molecule has 10 rings (SSSR count). The standard InChI is InChI=1S/C61H45N3O2.Ir/c1-39(65)34-51(66)33-32-42-14-4-7-18-54(42)48-35-49(57-21-10-8-19-55(57)43-24-28-45(29-25-43)60-38-47-15-5-6-16-52(47)40(2)62-60)37-50(36-48)58-22-11-9-20-56(58)44-26-30-46(31-27-44)61-63-41(3)53-17-12-13-23-59(53)64-61;/h4-28,30,34-38,65H,32-33H2,1-3H3;/q-2;/b39-34-;. The zero-order valence-corrected chi connectivity index (χ0v) is 39.7. The van der Waals surface area contributed by atoms with Gasteiger partial charge in [-0.3, -0.25) is 14.8 Å². The van der Waals surface area contributed by atoms with Crippen LogP contribution in [0.25, 0.3) is 100.0 Å². The van der Waals surface area contributed by atoms with E-state index >= 15 is 0 Å². The Bertz CT molecular complexity index is 3290. The number of pyridine rings is 1. The van der Waals surface area contributed by atoms with Gasteiger partial charge in [0.15, 0.2) is 5.78 Å². The Balaban J connectivity index is 0.00000562. The summed E-state index contributed by atoms with van der Waals surface area (Å²) in [6, 6.07) is 70.3. The summed E-state index contributed by atoms with van der Waals surface area (Å²) in [6.07, 6.45) is 2.12. The van der Waals surface area contributed by atoms with E-state index in [-0.39, 0.29) is 38.1 Å². The summed E-state index contributed by atoms with van der Waals surface area (Å²) in [6.45, 7) is 5.60. The van der Waals surface area contributed by atoms with E-state index in [2.05, 4.69) is 159 Å². The van der Waals surface area contributed by atoms with E-state index in [0.717, 1.165) is 111 Å². The molecular weight excluding hydrogens is 999 g/mol. The van der Waals surface area contributed by atoms with E-state index in [0.29, 0.717) is 12.2 Å². The molecule has 1 radical (unpaired) electrons. The fourth-order valence-electron chi connectivity index (χ4n) is 9.00. The van der Waals surface area contributed by atoms with E-state index < -0.39 is 0 Å². The van der Waals surface area contributed by atoms with Gasteiger partial charge in [0.1, 0.15) is 0 Å². The molecular formula is C61H45IrN3O2-2. The van der Waals surface area contributed by atoms with Crippen molar-refractivity contribution >= 4 is 27.5 Å². The molecule has 0 spiro atoms. The first kappa shape index (κ1) is 44.6. The monoisotopic (exact) mass is 1040 g/mol. The molecule has 0 saturated heterocycles. The molecule has 0 bridgehead atoms. The Hall–Kier alpha value is -7.63. The van der Waals surface area contributed by atoms with Crippen LogP contribution in [0.15, 0.2) is 194 Å². The topological polar surface area (TPSA) is 76.0 Å². The molecule has 0 fully saturated rings. The molecule has 0 saturated carbocycles. The zero-order chi connectivity index (χ0) is 45.1. The van der Waals surface area contributed by atoms with Gasteiger partial charge in [-0.1, -0.05) is 144 Å². The number of hydrogen-bond donors (Lipinski definition) is 1. The Kier molecular flexibility index (Phi) is 12.9. The smallest absolute Gasteiger partial charge is 0.159 e. The minimum Gasteiger partial charge on any atom is -0.512 e. The van der Waals surface area contributed by atoms with E-state index in [9.17, 15) is 9.90 Å². The molecule has 6 heteroatoms.